The highest BCUT2D eigenvalue weighted by Gasteiger charge is 2.26. The minimum atomic E-state index is -0.325. The molecule has 1 aliphatic rings. The number of nitrogens with one attached hydrogen (secondary N) is 3. The second-order valence-electron chi connectivity index (χ2n) is 5.26. The Balaban J connectivity index is 1.49. The van der Waals surface area contributed by atoms with E-state index in [2.05, 4.69) is 30.7 Å². The molecule has 3 N–H and O–H groups in total. The Hall–Kier alpha value is -2.97. The van der Waals surface area contributed by atoms with Gasteiger partial charge in [-0.3, -0.25) is 19.1 Å². The fourth-order valence-corrected chi connectivity index (χ4v) is 2.31. The molecule has 22 heavy (non-hydrogen) atoms. The molecular weight excluding hydrogens is 286 g/mol. The second kappa shape index (κ2) is 4.79. The molecule has 9 nitrogen and oxygen atoms in total. The van der Waals surface area contributed by atoms with Gasteiger partial charge in [0.2, 0.25) is 5.65 Å². The minimum Gasteiger partial charge on any atom is -0.343 e. The van der Waals surface area contributed by atoms with Gasteiger partial charge in [0.05, 0.1) is 6.54 Å². The molecule has 9 heteroatoms. The van der Waals surface area contributed by atoms with E-state index in [9.17, 15) is 9.59 Å². The van der Waals surface area contributed by atoms with Crippen LogP contribution in [0.3, 0.4) is 0 Å². The Morgan fingerprint density at radius 3 is 3.09 bits per heavy atom. The van der Waals surface area contributed by atoms with Crippen LogP contribution in [0.2, 0.25) is 0 Å². The van der Waals surface area contributed by atoms with Gasteiger partial charge in [0.25, 0.3) is 11.5 Å². The topological polar surface area (TPSA) is 121 Å². The van der Waals surface area contributed by atoms with Gasteiger partial charge in [0.1, 0.15) is 5.69 Å². The van der Waals surface area contributed by atoms with Gasteiger partial charge in [-0.1, -0.05) is 0 Å². The van der Waals surface area contributed by atoms with Crippen molar-refractivity contribution >= 4 is 11.6 Å². The predicted octanol–water partition coefficient (Wildman–Crippen LogP) is -0.0519. The number of H-pyrrole nitrogens is 2. The molecule has 3 aromatic rings. The van der Waals surface area contributed by atoms with Crippen molar-refractivity contribution in [1.82, 2.24) is 35.1 Å². The summed E-state index contributed by atoms with van der Waals surface area (Å²) in [6.45, 7) is 0.162. The molecule has 3 heterocycles. The lowest BCUT2D eigenvalue weighted by molar-refractivity contribution is 0.0944. The summed E-state index contributed by atoms with van der Waals surface area (Å²) in [5, 5.41) is 17.4. The van der Waals surface area contributed by atoms with E-state index < -0.39 is 0 Å². The smallest absolute Gasteiger partial charge is 0.293 e. The van der Waals surface area contributed by atoms with E-state index in [1.165, 1.54) is 6.20 Å². The average Bonchev–Trinajstić information content (AvgIpc) is 3.10. The molecular formula is C13H13N7O2. The van der Waals surface area contributed by atoms with Crippen LogP contribution in [0.1, 0.15) is 40.8 Å². The first-order chi connectivity index (χ1) is 10.7. The summed E-state index contributed by atoms with van der Waals surface area (Å²) in [4.78, 5) is 26.1. The quantitative estimate of drug-likeness (QED) is 0.623. The molecule has 1 aliphatic carbocycles. The van der Waals surface area contributed by atoms with Crippen molar-refractivity contribution in [2.75, 3.05) is 0 Å². The highest BCUT2D eigenvalue weighted by Crippen LogP contribution is 2.38. The van der Waals surface area contributed by atoms with Crippen LogP contribution in [0.5, 0.6) is 0 Å². The van der Waals surface area contributed by atoms with Crippen molar-refractivity contribution in [1.29, 1.82) is 0 Å². The van der Waals surface area contributed by atoms with Crippen LogP contribution in [0.25, 0.3) is 5.65 Å². The van der Waals surface area contributed by atoms with Crippen molar-refractivity contribution in [3.05, 3.63) is 46.0 Å². The molecule has 112 valence electrons. The normalized spacial score (nSPS) is 14.4. The number of nitrogens with zero attached hydrogens (tertiary/aromatic N) is 4. The van der Waals surface area contributed by atoms with Crippen molar-refractivity contribution in [2.45, 2.75) is 25.3 Å². The van der Waals surface area contributed by atoms with Crippen LogP contribution >= 0.6 is 0 Å². The van der Waals surface area contributed by atoms with E-state index >= 15 is 0 Å². The SMILES string of the molecule is O=C(NCc1nnc2c(=O)[nH]ccn12)c1cc(C2CC2)[nH]n1. The van der Waals surface area contributed by atoms with E-state index in [1.54, 1.807) is 16.7 Å². The van der Waals surface area contributed by atoms with Crippen LogP contribution < -0.4 is 10.9 Å². The monoisotopic (exact) mass is 299 g/mol. The number of carbonyl (C=O) groups excluding carboxylic acids is 1. The van der Waals surface area contributed by atoms with Gasteiger partial charge in [0.15, 0.2) is 5.82 Å². The molecule has 1 saturated carbocycles. The summed E-state index contributed by atoms with van der Waals surface area (Å²) in [6, 6.07) is 1.78. The van der Waals surface area contributed by atoms with Crippen molar-refractivity contribution in [2.24, 2.45) is 0 Å². The molecule has 0 spiro atoms. The van der Waals surface area contributed by atoms with E-state index in [0.29, 0.717) is 17.4 Å². The maximum Gasteiger partial charge on any atom is 0.293 e. The highest BCUT2D eigenvalue weighted by atomic mass is 16.2. The van der Waals surface area contributed by atoms with Gasteiger partial charge in [-0.2, -0.15) is 5.10 Å². The van der Waals surface area contributed by atoms with Gasteiger partial charge in [0, 0.05) is 24.0 Å². The number of amides is 1. The lowest BCUT2D eigenvalue weighted by atomic mass is 10.2. The summed E-state index contributed by atoms with van der Waals surface area (Å²) in [5.74, 6) is 0.707. The fraction of sp³-hybridized carbons (Fsp3) is 0.308. The Bertz CT molecular complexity index is 902. The number of rotatable bonds is 4. The van der Waals surface area contributed by atoms with Gasteiger partial charge < -0.3 is 10.3 Å². The standard InChI is InChI=1S/C13H13N7O2/c21-12(9-5-8(16-17-9)7-1-2-7)15-6-10-18-19-11-13(22)14-3-4-20(10)11/h3-5,7H,1-2,6H2,(H,14,22)(H,15,21)(H,16,17). The zero-order valence-corrected chi connectivity index (χ0v) is 11.5. The van der Waals surface area contributed by atoms with Crippen LogP contribution in [0.4, 0.5) is 0 Å². The molecule has 0 saturated heterocycles. The fourth-order valence-electron chi connectivity index (χ4n) is 2.31. The highest BCUT2D eigenvalue weighted by molar-refractivity contribution is 5.92. The van der Waals surface area contributed by atoms with Crippen molar-refractivity contribution in [3.63, 3.8) is 0 Å². The summed E-state index contributed by atoms with van der Waals surface area (Å²) in [6.07, 6.45) is 5.42. The molecule has 0 radical (unpaired) electrons. The third-order valence-electron chi connectivity index (χ3n) is 3.66. The molecule has 0 aromatic carbocycles. The molecule has 0 bridgehead atoms. The number of hydrogen-bond acceptors (Lipinski definition) is 5. The summed E-state index contributed by atoms with van der Waals surface area (Å²) < 4.78 is 1.54. The van der Waals surface area contributed by atoms with Crippen LogP contribution in [-0.4, -0.2) is 35.7 Å². The van der Waals surface area contributed by atoms with E-state index in [4.69, 9.17) is 0 Å². The summed E-state index contributed by atoms with van der Waals surface area (Å²) in [7, 11) is 0. The average molecular weight is 299 g/mol. The summed E-state index contributed by atoms with van der Waals surface area (Å²) >= 11 is 0. The third-order valence-corrected chi connectivity index (χ3v) is 3.66. The Morgan fingerprint density at radius 1 is 1.41 bits per heavy atom. The van der Waals surface area contributed by atoms with Crippen LogP contribution in [0, 0.1) is 0 Å². The second-order valence-corrected chi connectivity index (χ2v) is 5.26. The number of fused-ring (bicyclic) bond motifs is 1. The molecule has 0 aliphatic heterocycles. The van der Waals surface area contributed by atoms with E-state index in [1.807, 2.05) is 0 Å². The lowest BCUT2D eigenvalue weighted by Gasteiger charge is -2.01. The Morgan fingerprint density at radius 2 is 2.27 bits per heavy atom. The first-order valence-electron chi connectivity index (χ1n) is 6.97. The van der Waals surface area contributed by atoms with E-state index in [-0.39, 0.29) is 23.7 Å². The van der Waals surface area contributed by atoms with Crippen LogP contribution in [-0.2, 0) is 6.54 Å². The maximum atomic E-state index is 12.1. The Labute approximate surface area is 123 Å². The minimum absolute atomic E-state index is 0.162. The van der Waals surface area contributed by atoms with Gasteiger partial charge in [-0.15, -0.1) is 10.2 Å². The van der Waals surface area contributed by atoms with Crippen LogP contribution in [0.15, 0.2) is 23.3 Å². The lowest BCUT2D eigenvalue weighted by Crippen LogP contribution is -2.24. The van der Waals surface area contributed by atoms with Gasteiger partial charge in [-0.25, -0.2) is 0 Å². The van der Waals surface area contributed by atoms with Gasteiger partial charge >= 0.3 is 0 Å². The molecule has 3 aromatic heterocycles. The Kier molecular flexibility index (Phi) is 2.78. The first-order valence-corrected chi connectivity index (χ1v) is 6.97. The first kappa shape index (κ1) is 12.7. The maximum absolute atomic E-state index is 12.1. The zero-order chi connectivity index (χ0) is 15.1. The molecule has 0 atom stereocenters. The van der Waals surface area contributed by atoms with Crippen molar-refractivity contribution in [3.8, 4) is 0 Å². The number of carbonyl (C=O) groups is 1. The number of aromatic nitrogens is 6. The van der Waals surface area contributed by atoms with E-state index in [0.717, 1.165) is 18.5 Å². The van der Waals surface area contributed by atoms with Gasteiger partial charge in [-0.05, 0) is 18.9 Å². The largest absolute Gasteiger partial charge is 0.343 e. The number of hydrogen-bond donors (Lipinski definition) is 3. The predicted molar refractivity (Wildman–Crippen MR) is 75.3 cm³/mol. The molecule has 0 unspecified atom stereocenters. The molecule has 4 rings (SSSR count). The molecule has 1 fully saturated rings. The van der Waals surface area contributed by atoms with Crippen molar-refractivity contribution < 1.29 is 4.79 Å². The summed E-state index contributed by atoms with van der Waals surface area (Å²) in [5.41, 5.74) is 1.23. The zero-order valence-electron chi connectivity index (χ0n) is 11.5. The third kappa shape index (κ3) is 2.16. The number of aromatic amines is 2. The molecule has 1 amide bonds.